The van der Waals surface area contributed by atoms with E-state index in [2.05, 4.69) is 65.8 Å². The number of hydrogen-bond donors (Lipinski definition) is 1. The molecular weight excluding hydrogens is 348 g/mol. The lowest BCUT2D eigenvalue weighted by Gasteiger charge is -2.40. The van der Waals surface area contributed by atoms with Crippen molar-refractivity contribution in [3.05, 3.63) is 64.3 Å². The number of rotatable bonds is 3. The Bertz CT molecular complexity index is 937. The van der Waals surface area contributed by atoms with Gasteiger partial charge in [0, 0.05) is 16.4 Å². The van der Waals surface area contributed by atoms with Crippen LogP contribution in [0.5, 0.6) is 0 Å². The number of aliphatic carboxylic acids is 1. The normalized spacial score (nSPS) is 24.8. The average molecular weight is 379 g/mol. The molecule has 28 heavy (non-hydrogen) atoms. The maximum Gasteiger partial charge on any atom is 0.323 e. The molecule has 3 nitrogen and oxygen atoms in total. The van der Waals surface area contributed by atoms with Gasteiger partial charge in [-0.2, -0.15) is 0 Å². The molecule has 0 heterocycles. The highest BCUT2D eigenvalue weighted by atomic mass is 16.4. The number of allylic oxidation sites excluding steroid dienone is 3. The second-order valence-corrected chi connectivity index (χ2v) is 9.55. The fourth-order valence-corrected chi connectivity index (χ4v) is 4.58. The van der Waals surface area contributed by atoms with Crippen LogP contribution in [0.3, 0.4) is 0 Å². The van der Waals surface area contributed by atoms with E-state index in [-0.39, 0.29) is 16.7 Å². The predicted molar refractivity (Wildman–Crippen MR) is 113 cm³/mol. The molecule has 1 unspecified atom stereocenters. The van der Waals surface area contributed by atoms with Gasteiger partial charge in [-0.3, -0.25) is 4.79 Å². The van der Waals surface area contributed by atoms with Crippen LogP contribution in [-0.2, 0) is 25.8 Å². The van der Waals surface area contributed by atoms with Crippen molar-refractivity contribution >= 4 is 11.9 Å². The smallest absolute Gasteiger partial charge is 0.323 e. The first-order valence-corrected chi connectivity index (χ1v) is 10.0. The molecule has 0 spiro atoms. The summed E-state index contributed by atoms with van der Waals surface area (Å²) in [7, 11) is 0. The van der Waals surface area contributed by atoms with Crippen molar-refractivity contribution < 1.29 is 14.7 Å². The van der Waals surface area contributed by atoms with Gasteiger partial charge in [0.15, 0.2) is 0 Å². The second kappa shape index (κ2) is 6.60. The van der Waals surface area contributed by atoms with E-state index in [1.54, 1.807) is 6.08 Å². The minimum Gasteiger partial charge on any atom is -0.480 e. The number of fused-ring (bicyclic) bond motifs is 1. The van der Waals surface area contributed by atoms with Crippen LogP contribution >= 0.6 is 0 Å². The summed E-state index contributed by atoms with van der Waals surface area (Å²) in [6.45, 7) is 12.8. The minimum atomic E-state index is -1.43. The summed E-state index contributed by atoms with van der Waals surface area (Å²) in [6, 6.07) is 4.23. The zero-order valence-electron chi connectivity index (χ0n) is 17.7. The highest BCUT2D eigenvalue weighted by Crippen LogP contribution is 2.48. The fraction of sp³-hybridized carbons (Fsp3) is 0.480. The summed E-state index contributed by atoms with van der Waals surface area (Å²) >= 11 is 0. The Morgan fingerprint density at radius 2 is 1.57 bits per heavy atom. The molecule has 2 aliphatic rings. The molecule has 0 aromatic heterocycles. The molecule has 3 rings (SSSR count). The summed E-state index contributed by atoms with van der Waals surface area (Å²) in [5.74, 6) is 1.10. The van der Waals surface area contributed by atoms with Gasteiger partial charge in [0.05, 0.1) is 0 Å². The van der Waals surface area contributed by atoms with Crippen LogP contribution in [0.15, 0.2) is 42.0 Å². The maximum atomic E-state index is 12.6. The van der Waals surface area contributed by atoms with E-state index in [1.807, 2.05) is 12.0 Å². The molecule has 1 atom stereocenters. The molecule has 2 aliphatic carbocycles. The lowest BCUT2D eigenvalue weighted by atomic mass is 9.62. The Morgan fingerprint density at radius 1 is 1.00 bits per heavy atom. The Hall–Kier alpha value is -2.38. The molecule has 148 valence electrons. The van der Waals surface area contributed by atoms with Crippen molar-refractivity contribution in [3.8, 4) is 0 Å². The Morgan fingerprint density at radius 3 is 2.07 bits per heavy atom. The van der Waals surface area contributed by atoms with Crippen molar-refractivity contribution in [2.24, 2.45) is 0 Å². The Labute approximate surface area is 167 Å². The standard InChI is InChI=1S/C25H30O3/c1-16(2)18-13-20-21(24(5,6)12-11-23(20,3)4)14-19(18)25(22(27)28)10-8-7-9-17(25)15-26/h8,10-14,16H,7,9H2,1-6H3,(H,27,28). The van der Waals surface area contributed by atoms with E-state index < -0.39 is 11.4 Å². The zero-order valence-corrected chi connectivity index (χ0v) is 17.7. The van der Waals surface area contributed by atoms with Gasteiger partial charge < -0.3 is 5.11 Å². The summed E-state index contributed by atoms with van der Waals surface area (Å²) in [5.41, 5.74) is 2.59. The summed E-state index contributed by atoms with van der Waals surface area (Å²) < 4.78 is 0. The van der Waals surface area contributed by atoms with Gasteiger partial charge in [-0.1, -0.05) is 78.0 Å². The third kappa shape index (κ3) is 2.89. The topological polar surface area (TPSA) is 54.4 Å². The SMILES string of the molecule is CC(C)c1cc2c(cc1C1(C(=O)O)C=CCCC1=C=O)C(C)(C)C=CC2(C)C. The first-order valence-electron chi connectivity index (χ1n) is 10.0. The van der Waals surface area contributed by atoms with Gasteiger partial charge in [0.25, 0.3) is 0 Å². The number of carboxylic acid groups (broad SMARTS) is 1. The number of carbonyl (C=O) groups excluding carboxylic acids is 1. The fourth-order valence-electron chi connectivity index (χ4n) is 4.58. The molecule has 1 aromatic carbocycles. The molecule has 1 N–H and O–H groups in total. The van der Waals surface area contributed by atoms with E-state index in [9.17, 15) is 14.7 Å². The number of carbonyl (C=O) groups is 1. The van der Waals surface area contributed by atoms with Gasteiger partial charge in [0.2, 0.25) is 0 Å². The molecule has 0 fully saturated rings. The first kappa shape index (κ1) is 20.4. The first-order chi connectivity index (χ1) is 13.0. The average Bonchev–Trinajstić information content (AvgIpc) is 2.64. The van der Waals surface area contributed by atoms with Crippen LogP contribution in [0.1, 0.15) is 82.6 Å². The highest BCUT2D eigenvalue weighted by Gasteiger charge is 2.47. The van der Waals surface area contributed by atoms with Crippen molar-refractivity contribution in [1.29, 1.82) is 0 Å². The number of hydrogen-bond acceptors (Lipinski definition) is 2. The van der Waals surface area contributed by atoms with E-state index in [0.717, 1.165) is 11.1 Å². The van der Waals surface area contributed by atoms with Crippen LogP contribution in [0.25, 0.3) is 0 Å². The van der Waals surface area contributed by atoms with Gasteiger partial charge in [-0.05, 0) is 41.0 Å². The minimum absolute atomic E-state index is 0.129. The lowest BCUT2D eigenvalue weighted by Crippen LogP contribution is -2.40. The van der Waals surface area contributed by atoms with Crippen molar-refractivity contribution in [3.63, 3.8) is 0 Å². The van der Waals surface area contributed by atoms with Crippen molar-refractivity contribution in [2.45, 2.75) is 76.5 Å². The third-order valence-corrected chi connectivity index (χ3v) is 6.41. The summed E-state index contributed by atoms with van der Waals surface area (Å²) in [6.07, 6.45) is 9.12. The summed E-state index contributed by atoms with van der Waals surface area (Å²) in [5, 5.41) is 10.3. The quantitative estimate of drug-likeness (QED) is 0.568. The van der Waals surface area contributed by atoms with Gasteiger partial charge in [-0.25, -0.2) is 4.79 Å². The molecule has 0 saturated carbocycles. The predicted octanol–water partition coefficient (Wildman–Crippen LogP) is 5.37. The van der Waals surface area contributed by atoms with Crippen molar-refractivity contribution in [2.75, 3.05) is 0 Å². The van der Waals surface area contributed by atoms with E-state index in [1.165, 1.54) is 5.56 Å². The van der Waals surface area contributed by atoms with Gasteiger partial charge >= 0.3 is 5.97 Å². The van der Waals surface area contributed by atoms with Crippen molar-refractivity contribution in [1.82, 2.24) is 0 Å². The van der Waals surface area contributed by atoms with Crippen LogP contribution in [0.4, 0.5) is 0 Å². The molecular formula is C25H30O3. The molecule has 0 aliphatic heterocycles. The van der Waals surface area contributed by atoms with E-state index in [0.29, 0.717) is 24.0 Å². The highest BCUT2D eigenvalue weighted by molar-refractivity contribution is 5.93. The molecule has 1 aromatic rings. The van der Waals surface area contributed by atoms with Crippen LogP contribution < -0.4 is 0 Å². The molecule has 0 amide bonds. The molecule has 3 heteroatoms. The number of carboxylic acids is 1. The second-order valence-electron chi connectivity index (χ2n) is 9.55. The zero-order chi connectivity index (χ0) is 20.9. The third-order valence-electron chi connectivity index (χ3n) is 6.41. The van der Waals surface area contributed by atoms with Gasteiger partial charge in [0.1, 0.15) is 11.4 Å². The largest absolute Gasteiger partial charge is 0.480 e. The molecule has 0 radical (unpaired) electrons. The van der Waals surface area contributed by atoms with E-state index >= 15 is 0 Å². The van der Waals surface area contributed by atoms with Gasteiger partial charge in [-0.15, -0.1) is 0 Å². The van der Waals surface area contributed by atoms with E-state index in [4.69, 9.17) is 0 Å². The monoisotopic (exact) mass is 378 g/mol. The molecule has 0 saturated heterocycles. The van der Waals surface area contributed by atoms with Crippen LogP contribution in [-0.4, -0.2) is 17.0 Å². The van der Waals surface area contributed by atoms with Crippen LogP contribution in [0, 0.1) is 0 Å². The Balaban J connectivity index is 2.45. The van der Waals surface area contributed by atoms with Crippen LogP contribution in [0.2, 0.25) is 0 Å². The maximum absolute atomic E-state index is 12.6. The Kier molecular flexibility index (Phi) is 4.80. The summed E-state index contributed by atoms with van der Waals surface area (Å²) in [4.78, 5) is 24.4. The number of benzene rings is 1. The molecule has 0 bridgehead atoms. The lowest BCUT2D eigenvalue weighted by molar-refractivity contribution is -0.140.